The third-order valence-corrected chi connectivity index (χ3v) is 5.79. The number of hydrogen-bond acceptors (Lipinski definition) is 3. The van der Waals surface area contributed by atoms with Gasteiger partial charge in [-0.3, -0.25) is 0 Å². The molecule has 1 aromatic heterocycles. The molecular formula is C25H14NO3+. The summed E-state index contributed by atoms with van der Waals surface area (Å²) in [6, 6.07) is 25.4. The van der Waals surface area contributed by atoms with E-state index >= 15 is 0 Å². The molecule has 4 heteroatoms. The second-order valence-electron chi connectivity index (χ2n) is 7.33. The van der Waals surface area contributed by atoms with Crippen LogP contribution in [0.2, 0.25) is 0 Å². The zero-order valence-corrected chi connectivity index (χ0v) is 15.2. The summed E-state index contributed by atoms with van der Waals surface area (Å²) in [5.41, 5.74) is 8.03. The van der Waals surface area contributed by atoms with Gasteiger partial charge in [0.15, 0.2) is 5.75 Å². The van der Waals surface area contributed by atoms with Gasteiger partial charge in [0.2, 0.25) is 11.0 Å². The van der Waals surface area contributed by atoms with Crippen LogP contribution in [0.25, 0.3) is 61.0 Å². The van der Waals surface area contributed by atoms with Crippen molar-refractivity contribution in [1.82, 2.24) is 0 Å². The van der Waals surface area contributed by atoms with E-state index in [1.54, 1.807) is 6.07 Å². The molecule has 4 nitrogen and oxygen atoms in total. The fourth-order valence-electron chi connectivity index (χ4n) is 4.67. The average molecular weight is 376 g/mol. The Labute approximate surface area is 164 Å². The minimum atomic E-state index is 0.223. The van der Waals surface area contributed by atoms with E-state index < -0.39 is 0 Å². The zero-order valence-electron chi connectivity index (χ0n) is 15.2. The van der Waals surface area contributed by atoms with Gasteiger partial charge in [-0.05, 0) is 30.3 Å². The smallest absolute Gasteiger partial charge is 0.253 e. The SMILES string of the molecule is Oc1ccccc1-[n+]1c2cccc3oc4cccc5oc6cccc1c6c(c32)-c45. The van der Waals surface area contributed by atoms with Crippen LogP contribution in [0, 0.1) is 0 Å². The Hall–Kier alpha value is -4.05. The summed E-state index contributed by atoms with van der Waals surface area (Å²) >= 11 is 0. The molecule has 2 aliphatic rings. The van der Waals surface area contributed by atoms with Gasteiger partial charge >= 0.3 is 0 Å². The number of aromatic nitrogens is 1. The van der Waals surface area contributed by atoms with Crippen LogP contribution < -0.4 is 4.57 Å². The molecule has 1 N–H and O–H groups in total. The minimum Gasteiger partial charge on any atom is -0.502 e. The fourth-order valence-corrected chi connectivity index (χ4v) is 4.67. The Bertz CT molecular complexity index is 1580. The molecule has 0 spiro atoms. The van der Waals surface area contributed by atoms with E-state index in [9.17, 15) is 5.11 Å². The molecule has 2 aliphatic heterocycles. The van der Waals surface area contributed by atoms with E-state index in [2.05, 4.69) is 16.7 Å². The maximum absolute atomic E-state index is 10.6. The third kappa shape index (κ3) is 1.76. The zero-order chi connectivity index (χ0) is 19.1. The van der Waals surface area contributed by atoms with E-state index in [0.29, 0.717) is 0 Å². The van der Waals surface area contributed by atoms with Crippen LogP contribution in [0.1, 0.15) is 0 Å². The summed E-state index contributed by atoms with van der Waals surface area (Å²) < 4.78 is 14.6. The van der Waals surface area contributed by atoms with Crippen molar-refractivity contribution in [2.45, 2.75) is 0 Å². The molecule has 0 saturated heterocycles. The molecule has 0 radical (unpaired) electrons. The van der Waals surface area contributed by atoms with Gasteiger partial charge in [-0.15, -0.1) is 4.57 Å². The van der Waals surface area contributed by atoms with Gasteiger partial charge in [-0.1, -0.05) is 30.3 Å². The first-order valence-electron chi connectivity index (χ1n) is 9.52. The molecule has 7 rings (SSSR count). The Balaban J connectivity index is 1.88. The van der Waals surface area contributed by atoms with Crippen LogP contribution in [0.3, 0.4) is 0 Å². The number of hydrogen-bond donors (Lipinski definition) is 1. The minimum absolute atomic E-state index is 0.223. The summed E-state index contributed by atoms with van der Waals surface area (Å²) in [6.45, 7) is 0. The first-order chi connectivity index (χ1) is 14.3. The molecule has 0 amide bonds. The molecule has 0 fully saturated rings. The predicted octanol–water partition coefficient (Wildman–Crippen LogP) is 6.01. The van der Waals surface area contributed by atoms with Crippen molar-refractivity contribution >= 4 is 44.1 Å². The fraction of sp³-hybridized carbons (Fsp3) is 0. The molecule has 0 bridgehead atoms. The molecule has 0 saturated carbocycles. The Morgan fingerprint density at radius 3 is 1.72 bits per heavy atom. The average Bonchev–Trinajstić information content (AvgIpc) is 2.75. The summed E-state index contributed by atoms with van der Waals surface area (Å²) in [4.78, 5) is 0. The van der Waals surface area contributed by atoms with Crippen LogP contribution in [-0.2, 0) is 0 Å². The first kappa shape index (κ1) is 14.9. The second kappa shape index (κ2) is 5.06. The Morgan fingerprint density at radius 1 is 0.552 bits per heavy atom. The molecule has 29 heavy (non-hydrogen) atoms. The lowest BCUT2D eigenvalue weighted by molar-refractivity contribution is -0.538. The molecule has 4 aromatic carbocycles. The first-order valence-corrected chi connectivity index (χ1v) is 9.52. The second-order valence-corrected chi connectivity index (χ2v) is 7.33. The summed E-state index contributed by atoms with van der Waals surface area (Å²) in [5.74, 6) is 0.223. The van der Waals surface area contributed by atoms with E-state index in [4.69, 9.17) is 8.83 Å². The van der Waals surface area contributed by atoms with Gasteiger partial charge in [0.05, 0.1) is 16.3 Å². The summed E-state index contributed by atoms with van der Waals surface area (Å²) in [5, 5.41) is 12.7. The molecule has 5 aromatic rings. The number of aromatic hydroxyl groups is 1. The maximum atomic E-state index is 10.6. The maximum Gasteiger partial charge on any atom is 0.253 e. The lowest BCUT2D eigenvalue weighted by Gasteiger charge is -2.18. The van der Waals surface area contributed by atoms with Crippen molar-refractivity contribution in [2.24, 2.45) is 0 Å². The van der Waals surface area contributed by atoms with Gasteiger partial charge in [0.25, 0.3) is 5.69 Å². The van der Waals surface area contributed by atoms with Crippen molar-refractivity contribution in [2.75, 3.05) is 0 Å². The number of pyridine rings is 1. The molecule has 3 heterocycles. The van der Waals surface area contributed by atoms with Gasteiger partial charge in [0, 0.05) is 23.8 Å². The topological polar surface area (TPSA) is 50.4 Å². The Morgan fingerprint density at radius 2 is 1.10 bits per heavy atom. The highest BCUT2D eigenvalue weighted by Gasteiger charge is 2.32. The third-order valence-electron chi connectivity index (χ3n) is 5.79. The summed E-state index contributed by atoms with van der Waals surface area (Å²) in [7, 11) is 0. The highest BCUT2D eigenvalue weighted by molar-refractivity contribution is 6.22. The molecular weight excluding hydrogens is 362 g/mol. The van der Waals surface area contributed by atoms with Crippen molar-refractivity contribution in [3.05, 3.63) is 78.9 Å². The van der Waals surface area contributed by atoms with Crippen LogP contribution in [0.5, 0.6) is 5.75 Å². The lowest BCUT2D eigenvalue weighted by Crippen LogP contribution is -2.33. The number of phenols is 1. The highest BCUT2D eigenvalue weighted by Crippen LogP contribution is 2.47. The Kier molecular flexibility index (Phi) is 2.60. The van der Waals surface area contributed by atoms with E-state index in [0.717, 1.165) is 61.0 Å². The molecule has 0 aliphatic carbocycles. The van der Waals surface area contributed by atoms with E-state index in [1.807, 2.05) is 60.7 Å². The number of phenolic OH excluding ortho intramolecular Hbond substituents is 1. The lowest BCUT2D eigenvalue weighted by atomic mass is 9.92. The molecule has 0 atom stereocenters. The van der Waals surface area contributed by atoms with Gasteiger partial charge < -0.3 is 13.9 Å². The van der Waals surface area contributed by atoms with Crippen molar-refractivity contribution in [3.8, 4) is 22.6 Å². The standard InChI is InChI=1S/C25H13NO3/c27-17-9-2-1-6-14(17)26-15-7-3-10-18-22(15)25-23-16(26)8-4-11-19(23)29-21-13-5-12-20(28-18)24(21)25/h1-13H/p+1. The normalized spacial score (nSPS) is 12.3. The quantitative estimate of drug-likeness (QED) is 0.217. The van der Waals surface area contributed by atoms with E-state index in [-0.39, 0.29) is 5.75 Å². The van der Waals surface area contributed by atoms with E-state index in [1.165, 1.54) is 0 Å². The van der Waals surface area contributed by atoms with Crippen LogP contribution in [0.15, 0.2) is 87.7 Å². The predicted molar refractivity (Wildman–Crippen MR) is 112 cm³/mol. The molecule has 136 valence electrons. The van der Waals surface area contributed by atoms with Crippen molar-refractivity contribution in [1.29, 1.82) is 0 Å². The number of benzene rings is 4. The van der Waals surface area contributed by atoms with Crippen LogP contribution >= 0.6 is 0 Å². The largest absolute Gasteiger partial charge is 0.502 e. The van der Waals surface area contributed by atoms with Gasteiger partial charge in [0.1, 0.15) is 22.3 Å². The van der Waals surface area contributed by atoms with Gasteiger partial charge in [-0.25, -0.2) is 0 Å². The highest BCUT2D eigenvalue weighted by atomic mass is 16.3. The van der Waals surface area contributed by atoms with Gasteiger partial charge in [-0.2, -0.15) is 0 Å². The number of rotatable bonds is 1. The van der Waals surface area contributed by atoms with Crippen LogP contribution in [0.4, 0.5) is 0 Å². The number of para-hydroxylation sites is 2. The van der Waals surface area contributed by atoms with Crippen LogP contribution in [-0.4, -0.2) is 5.11 Å². The number of nitrogens with zero attached hydrogens (tertiary/aromatic N) is 1. The molecule has 0 unspecified atom stereocenters. The van der Waals surface area contributed by atoms with Crippen molar-refractivity contribution in [3.63, 3.8) is 0 Å². The monoisotopic (exact) mass is 376 g/mol. The van der Waals surface area contributed by atoms with Crippen molar-refractivity contribution < 1.29 is 18.5 Å². The summed E-state index contributed by atoms with van der Waals surface area (Å²) in [6.07, 6.45) is 0.